The van der Waals surface area contributed by atoms with Crippen LogP contribution < -0.4 is 5.32 Å². The lowest BCUT2D eigenvalue weighted by molar-refractivity contribution is 0.601. The van der Waals surface area contributed by atoms with Crippen LogP contribution in [-0.4, -0.2) is 7.05 Å². The summed E-state index contributed by atoms with van der Waals surface area (Å²) in [5.74, 6) is -0.196. The Bertz CT molecular complexity index is 608. The third-order valence-corrected chi connectivity index (χ3v) is 3.62. The molecule has 0 aliphatic carbocycles. The molecule has 1 N–H and O–H groups in total. The van der Waals surface area contributed by atoms with Crippen molar-refractivity contribution >= 4 is 11.6 Å². The summed E-state index contributed by atoms with van der Waals surface area (Å²) in [4.78, 5) is 0. The van der Waals surface area contributed by atoms with Crippen molar-refractivity contribution in [3.05, 3.63) is 57.9 Å². The van der Waals surface area contributed by atoms with Crippen LogP contribution in [-0.2, 0) is 6.54 Å². The first kappa shape index (κ1) is 14.0. The first-order chi connectivity index (χ1) is 9.02. The van der Waals surface area contributed by atoms with E-state index in [2.05, 4.69) is 5.32 Å². The van der Waals surface area contributed by atoms with Crippen LogP contribution in [0.1, 0.15) is 16.7 Å². The summed E-state index contributed by atoms with van der Waals surface area (Å²) in [5.41, 5.74) is 4.88. The summed E-state index contributed by atoms with van der Waals surface area (Å²) in [5, 5.41) is 3.66. The Morgan fingerprint density at radius 3 is 2.47 bits per heavy atom. The fraction of sp³-hybridized carbons (Fsp3) is 0.250. The highest BCUT2D eigenvalue weighted by Crippen LogP contribution is 2.31. The second kappa shape index (κ2) is 5.72. The second-order valence-corrected chi connectivity index (χ2v) is 5.16. The van der Waals surface area contributed by atoms with Gasteiger partial charge in [-0.1, -0.05) is 17.7 Å². The van der Waals surface area contributed by atoms with E-state index in [1.165, 1.54) is 11.6 Å². The number of hydrogen-bond acceptors (Lipinski definition) is 1. The van der Waals surface area contributed by atoms with Crippen LogP contribution in [0.15, 0.2) is 30.3 Å². The van der Waals surface area contributed by atoms with Gasteiger partial charge in [-0.25, -0.2) is 4.39 Å². The van der Waals surface area contributed by atoms with Crippen molar-refractivity contribution in [3.8, 4) is 11.1 Å². The van der Waals surface area contributed by atoms with Gasteiger partial charge in [0, 0.05) is 22.7 Å². The maximum absolute atomic E-state index is 13.6. The molecule has 0 atom stereocenters. The van der Waals surface area contributed by atoms with E-state index in [1.807, 2.05) is 32.0 Å². The largest absolute Gasteiger partial charge is 0.316 e. The summed E-state index contributed by atoms with van der Waals surface area (Å²) >= 11 is 6.30. The van der Waals surface area contributed by atoms with Crippen LogP contribution in [0.3, 0.4) is 0 Å². The van der Waals surface area contributed by atoms with Crippen molar-refractivity contribution in [2.24, 2.45) is 0 Å². The first-order valence-corrected chi connectivity index (χ1v) is 6.61. The molecule has 2 aromatic rings. The van der Waals surface area contributed by atoms with Gasteiger partial charge in [-0.15, -0.1) is 0 Å². The van der Waals surface area contributed by atoms with Gasteiger partial charge < -0.3 is 5.32 Å². The minimum absolute atomic E-state index is 0.196. The minimum atomic E-state index is -0.196. The molecular formula is C16H17ClFN. The van der Waals surface area contributed by atoms with Gasteiger partial charge in [0.05, 0.1) is 0 Å². The topological polar surface area (TPSA) is 12.0 Å². The van der Waals surface area contributed by atoms with Gasteiger partial charge in [0.1, 0.15) is 5.82 Å². The van der Waals surface area contributed by atoms with E-state index in [4.69, 9.17) is 11.6 Å². The molecule has 0 radical (unpaired) electrons. The molecule has 2 aromatic carbocycles. The van der Waals surface area contributed by atoms with Crippen LogP contribution in [0.25, 0.3) is 11.1 Å². The molecule has 0 fully saturated rings. The predicted molar refractivity (Wildman–Crippen MR) is 79.1 cm³/mol. The molecule has 100 valence electrons. The average molecular weight is 278 g/mol. The molecule has 0 amide bonds. The molecule has 0 bridgehead atoms. The molecule has 3 heteroatoms. The Morgan fingerprint density at radius 1 is 1.11 bits per heavy atom. The Hall–Kier alpha value is -1.38. The zero-order chi connectivity index (χ0) is 14.0. The normalized spacial score (nSPS) is 10.8. The van der Waals surface area contributed by atoms with Crippen LogP contribution in [0, 0.1) is 19.7 Å². The van der Waals surface area contributed by atoms with Gasteiger partial charge in [0.25, 0.3) is 0 Å². The lowest BCUT2D eigenvalue weighted by atomic mass is 9.98. The monoisotopic (exact) mass is 277 g/mol. The fourth-order valence-electron chi connectivity index (χ4n) is 2.07. The number of benzene rings is 2. The Balaban J connectivity index is 2.53. The van der Waals surface area contributed by atoms with Crippen molar-refractivity contribution in [2.75, 3.05) is 7.05 Å². The van der Waals surface area contributed by atoms with E-state index < -0.39 is 0 Å². The molecule has 1 nitrogen and oxygen atoms in total. The lowest BCUT2D eigenvalue weighted by Gasteiger charge is -2.11. The predicted octanol–water partition coefficient (Wildman–Crippen LogP) is 4.48. The highest BCUT2D eigenvalue weighted by molar-refractivity contribution is 6.33. The molecule has 0 aliphatic heterocycles. The SMILES string of the molecule is CNCc1cc(-c2cc(C)c(C)cc2Cl)ccc1F. The van der Waals surface area contributed by atoms with Crippen molar-refractivity contribution in [2.45, 2.75) is 20.4 Å². The quantitative estimate of drug-likeness (QED) is 0.872. The van der Waals surface area contributed by atoms with E-state index >= 15 is 0 Å². The smallest absolute Gasteiger partial charge is 0.127 e. The molecule has 0 saturated carbocycles. The average Bonchev–Trinajstić information content (AvgIpc) is 2.37. The molecular weight excluding hydrogens is 261 g/mol. The van der Waals surface area contributed by atoms with Gasteiger partial charge >= 0.3 is 0 Å². The van der Waals surface area contributed by atoms with E-state index in [-0.39, 0.29) is 5.82 Å². The molecule has 0 unspecified atom stereocenters. The molecule has 0 saturated heterocycles. The maximum atomic E-state index is 13.6. The summed E-state index contributed by atoms with van der Waals surface area (Å²) in [6, 6.07) is 9.11. The van der Waals surface area contributed by atoms with Crippen molar-refractivity contribution in [3.63, 3.8) is 0 Å². The van der Waals surface area contributed by atoms with Gasteiger partial charge in [0.15, 0.2) is 0 Å². The summed E-state index contributed by atoms with van der Waals surface area (Å²) in [7, 11) is 1.80. The number of rotatable bonds is 3. The Labute approximate surface area is 118 Å². The van der Waals surface area contributed by atoms with Crippen molar-refractivity contribution in [1.82, 2.24) is 5.32 Å². The lowest BCUT2D eigenvalue weighted by Crippen LogP contribution is -2.07. The van der Waals surface area contributed by atoms with E-state index in [9.17, 15) is 4.39 Å². The third-order valence-electron chi connectivity index (χ3n) is 3.31. The summed E-state index contributed by atoms with van der Waals surface area (Å²) in [6.45, 7) is 4.58. The highest BCUT2D eigenvalue weighted by atomic mass is 35.5. The minimum Gasteiger partial charge on any atom is -0.316 e. The zero-order valence-corrected chi connectivity index (χ0v) is 12.1. The molecule has 2 rings (SSSR count). The van der Waals surface area contributed by atoms with E-state index in [1.54, 1.807) is 13.1 Å². The highest BCUT2D eigenvalue weighted by Gasteiger charge is 2.09. The second-order valence-electron chi connectivity index (χ2n) is 4.75. The van der Waals surface area contributed by atoms with Crippen LogP contribution >= 0.6 is 11.6 Å². The van der Waals surface area contributed by atoms with Crippen LogP contribution in [0.5, 0.6) is 0 Å². The molecule has 0 heterocycles. The third kappa shape index (κ3) is 2.96. The van der Waals surface area contributed by atoms with Gasteiger partial charge in [0.2, 0.25) is 0 Å². The fourth-order valence-corrected chi connectivity index (χ4v) is 2.40. The summed E-state index contributed by atoms with van der Waals surface area (Å²) in [6.07, 6.45) is 0. The van der Waals surface area contributed by atoms with Gasteiger partial charge in [-0.3, -0.25) is 0 Å². The number of nitrogens with one attached hydrogen (secondary N) is 1. The molecule has 19 heavy (non-hydrogen) atoms. The van der Waals surface area contributed by atoms with Gasteiger partial charge in [-0.05, 0) is 61.9 Å². The van der Waals surface area contributed by atoms with Gasteiger partial charge in [-0.2, -0.15) is 0 Å². The Morgan fingerprint density at radius 2 is 1.79 bits per heavy atom. The number of halogens is 2. The van der Waals surface area contributed by atoms with Crippen LogP contribution in [0.2, 0.25) is 5.02 Å². The molecule has 0 aliphatic rings. The number of aryl methyl sites for hydroxylation is 2. The molecule has 0 aromatic heterocycles. The zero-order valence-electron chi connectivity index (χ0n) is 11.3. The van der Waals surface area contributed by atoms with E-state index in [0.29, 0.717) is 17.1 Å². The Kier molecular flexibility index (Phi) is 4.23. The number of hydrogen-bond donors (Lipinski definition) is 1. The molecule has 0 spiro atoms. The maximum Gasteiger partial charge on any atom is 0.127 e. The first-order valence-electron chi connectivity index (χ1n) is 6.23. The standard InChI is InChI=1S/C16H17ClFN/c1-10-6-14(15(17)7-11(10)2)12-4-5-16(18)13(8-12)9-19-3/h4-8,19H,9H2,1-3H3. The van der Waals surface area contributed by atoms with E-state index in [0.717, 1.165) is 16.7 Å². The van der Waals surface area contributed by atoms with Crippen LogP contribution in [0.4, 0.5) is 4.39 Å². The van der Waals surface area contributed by atoms with Crippen molar-refractivity contribution < 1.29 is 4.39 Å². The summed E-state index contributed by atoms with van der Waals surface area (Å²) < 4.78 is 13.6. The van der Waals surface area contributed by atoms with Crippen molar-refractivity contribution in [1.29, 1.82) is 0 Å².